The van der Waals surface area contributed by atoms with Crippen molar-refractivity contribution in [3.63, 3.8) is 0 Å². The zero-order chi connectivity index (χ0) is 8.10. The van der Waals surface area contributed by atoms with Crippen molar-refractivity contribution >= 4 is 11.6 Å². The Kier molecular flexibility index (Phi) is 3.40. The average molecular weight is 170 g/mol. The molecule has 11 heavy (non-hydrogen) atoms. The van der Waals surface area contributed by atoms with E-state index < -0.39 is 0 Å². The van der Waals surface area contributed by atoms with Crippen molar-refractivity contribution in [1.29, 1.82) is 0 Å². The van der Waals surface area contributed by atoms with Crippen molar-refractivity contribution in [3.8, 4) is 0 Å². The molecule has 1 nitrogen and oxygen atoms in total. The normalized spacial score (nSPS) is 10.0. The van der Waals surface area contributed by atoms with E-state index in [0.717, 1.165) is 6.42 Å². The molecule has 1 rings (SSSR count). The second kappa shape index (κ2) is 4.37. The van der Waals surface area contributed by atoms with E-state index in [0.29, 0.717) is 12.4 Å². The maximum atomic E-state index is 5.62. The number of aryl methyl sites for hydroxylation is 1. The molecule has 0 bridgehead atoms. The molecule has 2 heteroatoms. The Morgan fingerprint density at radius 2 is 1.82 bits per heavy atom. The molecule has 0 saturated heterocycles. The van der Waals surface area contributed by atoms with Crippen molar-refractivity contribution in [2.45, 2.75) is 13.0 Å². The van der Waals surface area contributed by atoms with Gasteiger partial charge in [-0.1, -0.05) is 24.3 Å². The summed E-state index contributed by atoms with van der Waals surface area (Å²) < 4.78 is 0. The second-order valence-corrected chi connectivity index (χ2v) is 2.79. The molecule has 0 aromatic heterocycles. The smallest absolute Gasteiger partial charge is 0.0264 e. The Morgan fingerprint density at radius 3 is 2.36 bits per heavy atom. The minimum absolute atomic E-state index is 0.604. The van der Waals surface area contributed by atoms with Crippen LogP contribution in [-0.2, 0) is 13.0 Å². The summed E-state index contributed by atoms with van der Waals surface area (Å²) in [6.45, 7) is 0.604. The second-order valence-electron chi connectivity index (χ2n) is 2.41. The predicted molar refractivity (Wildman–Crippen MR) is 48.8 cm³/mol. The predicted octanol–water partition coefficient (Wildman–Crippen LogP) is 1.93. The lowest BCUT2D eigenvalue weighted by Gasteiger charge is -2.03. The Balaban J connectivity index is 2.83. The number of benzene rings is 1. The van der Waals surface area contributed by atoms with Crippen molar-refractivity contribution in [3.05, 3.63) is 35.4 Å². The maximum absolute atomic E-state index is 5.62. The molecule has 0 fully saturated rings. The molecule has 0 spiro atoms. The first-order valence-corrected chi connectivity index (χ1v) is 4.24. The molecular formula is C9H12ClN. The van der Waals surface area contributed by atoms with Gasteiger partial charge in [-0.2, -0.15) is 0 Å². The minimum Gasteiger partial charge on any atom is -0.326 e. The van der Waals surface area contributed by atoms with Gasteiger partial charge in [-0.25, -0.2) is 0 Å². The molecular weight excluding hydrogens is 158 g/mol. The highest BCUT2D eigenvalue weighted by atomic mass is 35.5. The Labute approximate surface area is 72.2 Å². The number of hydrogen-bond donors (Lipinski definition) is 1. The van der Waals surface area contributed by atoms with E-state index in [9.17, 15) is 0 Å². The van der Waals surface area contributed by atoms with Crippen LogP contribution in [0.2, 0.25) is 0 Å². The lowest BCUT2D eigenvalue weighted by Crippen LogP contribution is -2.01. The third-order valence-electron chi connectivity index (χ3n) is 1.70. The van der Waals surface area contributed by atoms with Gasteiger partial charge in [-0.15, -0.1) is 11.6 Å². The van der Waals surface area contributed by atoms with E-state index in [-0.39, 0.29) is 0 Å². The van der Waals surface area contributed by atoms with Crippen LogP contribution in [-0.4, -0.2) is 5.88 Å². The number of rotatable bonds is 3. The quantitative estimate of drug-likeness (QED) is 0.688. The van der Waals surface area contributed by atoms with Crippen LogP contribution in [0.1, 0.15) is 11.1 Å². The van der Waals surface area contributed by atoms with Gasteiger partial charge in [0.2, 0.25) is 0 Å². The van der Waals surface area contributed by atoms with Crippen molar-refractivity contribution in [1.82, 2.24) is 0 Å². The van der Waals surface area contributed by atoms with Gasteiger partial charge in [0.1, 0.15) is 0 Å². The number of alkyl halides is 1. The Hall–Kier alpha value is -0.530. The lowest BCUT2D eigenvalue weighted by atomic mass is 10.1. The molecule has 1 aromatic carbocycles. The van der Waals surface area contributed by atoms with Crippen molar-refractivity contribution in [2.75, 3.05) is 5.88 Å². The van der Waals surface area contributed by atoms with E-state index in [1.54, 1.807) is 0 Å². The first kappa shape index (κ1) is 8.57. The number of halogens is 1. The standard InChI is InChI=1S/C9H12ClN/c10-6-5-8-3-1-2-4-9(8)7-11/h1-4H,5-7,11H2. The number of hydrogen-bond acceptors (Lipinski definition) is 1. The maximum Gasteiger partial charge on any atom is 0.0264 e. The van der Waals surface area contributed by atoms with E-state index in [2.05, 4.69) is 6.07 Å². The first-order valence-electron chi connectivity index (χ1n) is 3.71. The summed E-state index contributed by atoms with van der Waals surface area (Å²) in [5, 5.41) is 0. The van der Waals surface area contributed by atoms with Crippen LogP contribution >= 0.6 is 11.6 Å². The van der Waals surface area contributed by atoms with Gasteiger partial charge in [0.05, 0.1) is 0 Å². The molecule has 0 atom stereocenters. The van der Waals surface area contributed by atoms with Crippen LogP contribution in [0.25, 0.3) is 0 Å². The Bertz CT molecular complexity index is 223. The van der Waals surface area contributed by atoms with Crippen molar-refractivity contribution < 1.29 is 0 Å². The largest absolute Gasteiger partial charge is 0.326 e. The summed E-state index contributed by atoms with van der Waals surface area (Å²) >= 11 is 5.62. The van der Waals surface area contributed by atoms with Gasteiger partial charge in [-0.3, -0.25) is 0 Å². The monoisotopic (exact) mass is 169 g/mol. The van der Waals surface area contributed by atoms with Crippen LogP contribution in [0.4, 0.5) is 0 Å². The molecule has 60 valence electrons. The van der Waals surface area contributed by atoms with Gasteiger partial charge in [0.15, 0.2) is 0 Å². The zero-order valence-electron chi connectivity index (χ0n) is 6.39. The molecule has 0 amide bonds. The molecule has 2 N–H and O–H groups in total. The highest BCUT2D eigenvalue weighted by Gasteiger charge is 1.96. The third-order valence-corrected chi connectivity index (χ3v) is 1.89. The van der Waals surface area contributed by atoms with Gasteiger partial charge < -0.3 is 5.73 Å². The SMILES string of the molecule is NCc1ccccc1CCCl. The molecule has 0 saturated carbocycles. The fourth-order valence-corrected chi connectivity index (χ4v) is 1.31. The molecule has 0 heterocycles. The fourth-order valence-electron chi connectivity index (χ4n) is 1.10. The van der Waals surface area contributed by atoms with E-state index in [4.69, 9.17) is 17.3 Å². The molecule has 1 aromatic rings. The Morgan fingerprint density at radius 1 is 1.18 bits per heavy atom. The van der Waals surface area contributed by atoms with Crippen LogP contribution in [0.3, 0.4) is 0 Å². The van der Waals surface area contributed by atoms with Gasteiger partial charge >= 0.3 is 0 Å². The zero-order valence-corrected chi connectivity index (χ0v) is 7.14. The molecule has 0 aliphatic rings. The summed E-state index contributed by atoms with van der Waals surface area (Å²) in [5.41, 5.74) is 8.01. The van der Waals surface area contributed by atoms with Crippen LogP contribution in [0.15, 0.2) is 24.3 Å². The average Bonchev–Trinajstić information content (AvgIpc) is 2.06. The topological polar surface area (TPSA) is 26.0 Å². The van der Waals surface area contributed by atoms with Gasteiger partial charge in [0, 0.05) is 12.4 Å². The highest BCUT2D eigenvalue weighted by molar-refractivity contribution is 6.18. The van der Waals surface area contributed by atoms with Gasteiger partial charge in [-0.05, 0) is 17.5 Å². The summed E-state index contributed by atoms with van der Waals surface area (Å²) in [5.74, 6) is 0.664. The molecule has 0 aliphatic heterocycles. The minimum atomic E-state index is 0.604. The summed E-state index contributed by atoms with van der Waals surface area (Å²) in [7, 11) is 0. The molecule has 0 radical (unpaired) electrons. The van der Waals surface area contributed by atoms with Crippen LogP contribution in [0.5, 0.6) is 0 Å². The van der Waals surface area contributed by atoms with Crippen LogP contribution in [0, 0.1) is 0 Å². The lowest BCUT2D eigenvalue weighted by molar-refractivity contribution is 1.01. The van der Waals surface area contributed by atoms with E-state index >= 15 is 0 Å². The van der Waals surface area contributed by atoms with Gasteiger partial charge in [0.25, 0.3) is 0 Å². The highest BCUT2D eigenvalue weighted by Crippen LogP contribution is 2.08. The molecule has 0 aliphatic carbocycles. The summed E-state index contributed by atoms with van der Waals surface area (Å²) in [4.78, 5) is 0. The summed E-state index contributed by atoms with van der Waals surface area (Å²) in [6, 6.07) is 8.13. The number of nitrogens with two attached hydrogens (primary N) is 1. The first-order chi connectivity index (χ1) is 5.38. The van der Waals surface area contributed by atoms with Crippen LogP contribution < -0.4 is 5.73 Å². The van der Waals surface area contributed by atoms with E-state index in [1.165, 1.54) is 11.1 Å². The molecule has 0 unspecified atom stereocenters. The fraction of sp³-hybridized carbons (Fsp3) is 0.333. The van der Waals surface area contributed by atoms with E-state index in [1.807, 2.05) is 18.2 Å². The van der Waals surface area contributed by atoms with Crippen molar-refractivity contribution in [2.24, 2.45) is 5.73 Å². The summed E-state index contributed by atoms with van der Waals surface area (Å²) in [6.07, 6.45) is 0.912. The third kappa shape index (κ3) is 2.21.